The Balaban J connectivity index is 2.11. The third kappa shape index (κ3) is 2.84. The molecular formula is C13H15NO3. The molecule has 0 saturated carbocycles. The van der Waals surface area contributed by atoms with Crippen LogP contribution in [0.5, 0.6) is 0 Å². The van der Waals surface area contributed by atoms with Gasteiger partial charge in [0.15, 0.2) is 5.78 Å². The third-order valence-corrected chi connectivity index (χ3v) is 2.94. The minimum Gasteiger partial charge on any atom is -0.481 e. The van der Waals surface area contributed by atoms with E-state index in [0.717, 1.165) is 25.1 Å². The molecule has 4 nitrogen and oxygen atoms in total. The molecule has 1 aliphatic rings. The third-order valence-electron chi connectivity index (χ3n) is 2.94. The number of anilines is 1. The highest BCUT2D eigenvalue weighted by atomic mass is 16.4. The molecule has 0 radical (unpaired) electrons. The van der Waals surface area contributed by atoms with Gasteiger partial charge in [0.2, 0.25) is 0 Å². The Hall–Kier alpha value is -1.84. The normalized spacial score (nSPS) is 13.6. The number of carbonyl (C=O) groups excluding carboxylic acids is 1. The molecule has 0 aromatic heterocycles. The van der Waals surface area contributed by atoms with Crippen molar-refractivity contribution in [2.24, 2.45) is 0 Å². The van der Waals surface area contributed by atoms with Crippen LogP contribution < -0.4 is 5.32 Å². The van der Waals surface area contributed by atoms with Crippen LogP contribution in [0.1, 0.15) is 35.2 Å². The van der Waals surface area contributed by atoms with Crippen molar-refractivity contribution in [3.05, 3.63) is 29.3 Å². The Morgan fingerprint density at radius 1 is 1.29 bits per heavy atom. The fourth-order valence-electron chi connectivity index (χ4n) is 2.00. The van der Waals surface area contributed by atoms with E-state index in [2.05, 4.69) is 5.32 Å². The monoisotopic (exact) mass is 233 g/mol. The van der Waals surface area contributed by atoms with Crippen LogP contribution in [0.2, 0.25) is 0 Å². The second-order valence-corrected chi connectivity index (χ2v) is 4.22. The summed E-state index contributed by atoms with van der Waals surface area (Å²) in [6.07, 6.45) is 2.10. The first-order chi connectivity index (χ1) is 8.16. The Morgan fingerprint density at radius 3 is 2.88 bits per heavy atom. The molecule has 0 amide bonds. The lowest BCUT2D eigenvalue weighted by Crippen LogP contribution is -2.13. The van der Waals surface area contributed by atoms with Crippen LogP contribution in [0.25, 0.3) is 0 Å². The first kappa shape index (κ1) is 11.6. The molecule has 1 aromatic carbocycles. The molecule has 1 aliphatic heterocycles. The smallest absolute Gasteiger partial charge is 0.303 e. The summed E-state index contributed by atoms with van der Waals surface area (Å²) in [5.74, 6) is -1.04. The molecule has 17 heavy (non-hydrogen) atoms. The molecule has 4 heteroatoms. The number of carboxylic acid groups (broad SMARTS) is 1. The summed E-state index contributed by atoms with van der Waals surface area (Å²) in [6.45, 7) is 0.930. The van der Waals surface area contributed by atoms with Gasteiger partial charge < -0.3 is 10.4 Å². The molecule has 2 rings (SSSR count). The average molecular weight is 233 g/mol. The van der Waals surface area contributed by atoms with E-state index in [1.165, 1.54) is 5.56 Å². The Morgan fingerprint density at radius 2 is 2.12 bits per heavy atom. The lowest BCUT2D eigenvalue weighted by atomic mass is 9.98. The van der Waals surface area contributed by atoms with Gasteiger partial charge in [0, 0.05) is 24.2 Å². The van der Waals surface area contributed by atoms with Gasteiger partial charge in [-0.1, -0.05) is 12.1 Å². The number of aliphatic carboxylic acids is 1. The summed E-state index contributed by atoms with van der Waals surface area (Å²) in [4.78, 5) is 22.1. The van der Waals surface area contributed by atoms with Gasteiger partial charge in [0.25, 0.3) is 0 Å². The predicted octanol–water partition coefficient (Wildman–Crippen LogP) is 2.09. The second kappa shape index (κ2) is 4.99. The SMILES string of the molecule is O=C(O)CCC(=O)c1ccc2c(c1)NCCC2. The number of ketones is 1. The Labute approximate surface area is 99.6 Å². The van der Waals surface area contributed by atoms with Crippen molar-refractivity contribution in [2.75, 3.05) is 11.9 Å². The minimum absolute atomic E-state index is 0.0636. The lowest BCUT2D eigenvalue weighted by molar-refractivity contribution is -0.136. The zero-order valence-electron chi connectivity index (χ0n) is 9.53. The van der Waals surface area contributed by atoms with Crippen LogP contribution >= 0.6 is 0 Å². The van der Waals surface area contributed by atoms with Gasteiger partial charge in [-0.25, -0.2) is 0 Å². The van der Waals surface area contributed by atoms with E-state index in [9.17, 15) is 9.59 Å². The van der Waals surface area contributed by atoms with E-state index >= 15 is 0 Å². The highest BCUT2D eigenvalue weighted by molar-refractivity contribution is 5.98. The van der Waals surface area contributed by atoms with Crippen molar-refractivity contribution in [3.63, 3.8) is 0 Å². The highest BCUT2D eigenvalue weighted by Gasteiger charge is 2.13. The number of fused-ring (bicyclic) bond motifs is 1. The van der Waals surface area contributed by atoms with Gasteiger partial charge in [-0.15, -0.1) is 0 Å². The van der Waals surface area contributed by atoms with Gasteiger partial charge in [0.05, 0.1) is 6.42 Å². The number of carboxylic acids is 1. The van der Waals surface area contributed by atoms with Crippen LogP contribution in [0.15, 0.2) is 18.2 Å². The van der Waals surface area contributed by atoms with Crippen LogP contribution in [0, 0.1) is 0 Å². The van der Waals surface area contributed by atoms with Crippen LogP contribution in [-0.2, 0) is 11.2 Å². The molecule has 0 spiro atoms. The largest absolute Gasteiger partial charge is 0.481 e. The number of Topliss-reactive ketones (excluding diaryl/α,β-unsaturated/α-hetero) is 1. The minimum atomic E-state index is -0.936. The number of hydrogen-bond donors (Lipinski definition) is 2. The quantitative estimate of drug-likeness (QED) is 0.781. The number of rotatable bonds is 4. The summed E-state index contributed by atoms with van der Waals surface area (Å²) in [5, 5.41) is 11.8. The molecule has 1 heterocycles. The van der Waals surface area contributed by atoms with Gasteiger partial charge in [-0.2, -0.15) is 0 Å². The lowest BCUT2D eigenvalue weighted by Gasteiger charge is -2.18. The molecule has 0 atom stereocenters. The standard InChI is InChI=1S/C13H15NO3/c15-12(5-6-13(16)17)10-4-3-9-2-1-7-14-11(9)8-10/h3-4,8,14H,1-2,5-7H2,(H,16,17). The summed E-state index contributed by atoms with van der Waals surface area (Å²) >= 11 is 0. The Bertz CT molecular complexity index is 454. The van der Waals surface area contributed by atoms with Gasteiger partial charge in [-0.05, 0) is 24.5 Å². The van der Waals surface area contributed by atoms with Crippen LogP contribution in [0.3, 0.4) is 0 Å². The first-order valence-electron chi connectivity index (χ1n) is 5.78. The molecule has 0 bridgehead atoms. The van der Waals surface area contributed by atoms with E-state index < -0.39 is 5.97 Å². The number of carbonyl (C=O) groups is 2. The fraction of sp³-hybridized carbons (Fsp3) is 0.385. The molecule has 0 fully saturated rings. The topological polar surface area (TPSA) is 66.4 Å². The van der Waals surface area contributed by atoms with Crippen molar-refractivity contribution >= 4 is 17.4 Å². The van der Waals surface area contributed by atoms with Gasteiger partial charge >= 0.3 is 5.97 Å². The summed E-state index contributed by atoms with van der Waals surface area (Å²) < 4.78 is 0. The van der Waals surface area contributed by atoms with E-state index in [4.69, 9.17) is 5.11 Å². The molecular weight excluding hydrogens is 218 g/mol. The number of aryl methyl sites for hydroxylation is 1. The molecule has 2 N–H and O–H groups in total. The van der Waals surface area contributed by atoms with Gasteiger partial charge in [0.1, 0.15) is 0 Å². The van der Waals surface area contributed by atoms with E-state index in [1.807, 2.05) is 12.1 Å². The summed E-state index contributed by atoms with van der Waals surface area (Å²) in [5.41, 5.74) is 2.84. The van der Waals surface area contributed by atoms with E-state index in [0.29, 0.717) is 5.56 Å². The van der Waals surface area contributed by atoms with Crippen molar-refractivity contribution < 1.29 is 14.7 Å². The van der Waals surface area contributed by atoms with Crippen LogP contribution in [0.4, 0.5) is 5.69 Å². The van der Waals surface area contributed by atoms with E-state index in [-0.39, 0.29) is 18.6 Å². The maximum atomic E-state index is 11.7. The Kier molecular flexibility index (Phi) is 3.42. The number of benzene rings is 1. The summed E-state index contributed by atoms with van der Waals surface area (Å²) in [6, 6.07) is 5.57. The van der Waals surface area contributed by atoms with Crippen molar-refractivity contribution in [1.29, 1.82) is 0 Å². The average Bonchev–Trinajstić information content (AvgIpc) is 2.35. The fourth-order valence-corrected chi connectivity index (χ4v) is 2.00. The number of nitrogens with one attached hydrogen (secondary N) is 1. The van der Waals surface area contributed by atoms with Crippen molar-refractivity contribution in [1.82, 2.24) is 0 Å². The molecule has 1 aromatic rings. The second-order valence-electron chi connectivity index (χ2n) is 4.22. The molecule has 90 valence electrons. The predicted molar refractivity (Wildman–Crippen MR) is 64.5 cm³/mol. The van der Waals surface area contributed by atoms with Gasteiger partial charge in [-0.3, -0.25) is 9.59 Å². The first-order valence-corrected chi connectivity index (χ1v) is 5.78. The van der Waals surface area contributed by atoms with Crippen molar-refractivity contribution in [3.8, 4) is 0 Å². The maximum Gasteiger partial charge on any atom is 0.303 e. The molecule has 0 aliphatic carbocycles. The van der Waals surface area contributed by atoms with E-state index in [1.54, 1.807) is 6.07 Å². The molecule has 0 unspecified atom stereocenters. The zero-order chi connectivity index (χ0) is 12.3. The number of hydrogen-bond acceptors (Lipinski definition) is 3. The summed E-state index contributed by atoms with van der Waals surface area (Å²) in [7, 11) is 0. The maximum absolute atomic E-state index is 11.7. The zero-order valence-corrected chi connectivity index (χ0v) is 9.53. The van der Waals surface area contributed by atoms with Crippen LogP contribution in [-0.4, -0.2) is 23.4 Å². The highest BCUT2D eigenvalue weighted by Crippen LogP contribution is 2.23. The van der Waals surface area contributed by atoms with Crippen molar-refractivity contribution in [2.45, 2.75) is 25.7 Å². The molecule has 0 saturated heterocycles.